The molecule has 0 bridgehead atoms. The number of amides is 1. The number of benzene rings is 1. The van der Waals surface area contributed by atoms with Crippen LogP contribution in [0.2, 0.25) is 0 Å². The number of nitrogens with one attached hydrogen (secondary N) is 1. The smallest absolute Gasteiger partial charge is 0.232 e. The maximum Gasteiger partial charge on any atom is 0.232 e. The van der Waals surface area contributed by atoms with Crippen LogP contribution < -0.4 is 11.1 Å². The van der Waals surface area contributed by atoms with E-state index in [1.807, 2.05) is 0 Å². The molecule has 0 aromatic heterocycles. The van der Waals surface area contributed by atoms with Crippen molar-refractivity contribution < 1.29 is 14.6 Å². The first-order valence-electron chi connectivity index (χ1n) is 6.49. The Morgan fingerprint density at radius 2 is 1.95 bits per heavy atom. The number of aliphatic hydroxyl groups is 1. The van der Waals surface area contributed by atoms with E-state index in [-0.39, 0.29) is 12.5 Å². The molecule has 1 amide bonds. The maximum absolute atomic E-state index is 12.4. The largest absolute Gasteiger partial charge is 0.392 e. The molecule has 0 atom stereocenters. The molecular weight excluding hydrogens is 244 g/mol. The van der Waals surface area contributed by atoms with Crippen molar-refractivity contribution >= 4 is 11.6 Å². The van der Waals surface area contributed by atoms with Gasteiger partial charge in [-0.25, -0.2) is 0 Å². The fraction of sp³-hybridized carbons (Fsp3) is 0.500. The van der Waals surface area contributed by atoms with Crippen LogP contribution in [-0.2, 0) is 16.1 Å². The Balaban J connectivity index is 2.05. The molecule has 1 heterocycles. The summed E-state index contributed by atoms with van der Waals surface area (Å²) >= 11 is 0. The normalized spacial score (nSPS) is 18.0. The standard InChI is InChI=1S/C14H20N2O3/c15-10-14(5-7-19-8-6-14)13(18)16-12-3-1-11(9-17)2-4-12/h1-4,17H,5-10,15H2,(H,16,18). The molecule has 1 aromatic rings. The summed E-state index contributed by atoms with van der Waals surface area (Å²) in [6, 6.07) is 7.14. The molecule has 4 N–H and O–H groups in total. The molecule has 5 heteroatoms. The molecule has 1 fully saturated rings. The first kappa shape index (κ1) is 14.0. The number of hydrogen-bond acceptors (Lipinski definition) is 4. The molecule has 0 aliphatic carbocycles. The van der Waals surface area contributed by atoms with Gasteiger partial charge in [-0.15, -0.1) is 0 Å². The Morgan fingerprint density at radius 1 is 1.32 bits per heavy atom. The van der Waals surface area contributed by atoms with Crippen molar-refractivity contribution in [2.24, 2.45) is 11.1 Å². The van der Waals surface area contributed by atoms with Gasteiger partial charge < -0.3 is 20.9 Å². The second kappa shape index (κ2) is 6.14. The Morgan fingerprint density at radius 3 is 2.47 bits per heavy atom. The summed E-state index contributed by atoms with van der Waals surface area (Å²) in [7, 11) is 0. The van der Waals surface area contributed by atoms with Crippen molar-refractivity contribution in [3.8, 4) is 0 Å². The van der Waals surface area contributed by atoms with Gasteiger partial charge in [-0.3, -0.25) is 4.79 Å². The van der Waals surface area contributed by atoms with E-state index in [9.17, 15) is 4.79 Å². The highest BCUT2D eigenvalue weighted by Crippen LogP contribution is 2.30. The monoisotopic (exact) mass is 264 g/mol. The zero-order valence-corrected chi connectivity index (χ0v) is 10.9. The van der Waals surface area contributed by atoms with Crippen LogP contribution in [0.1, 0.15) is 18.4 Å². The number of carbonyl (C=O) groups is 1. The van der Waals surface area contributed by atoms with Gasteiger partial charge in [0, 0.05) is 25.4 Å². The van der Waals surface area contributed by atoms with Gasteiger partial charge in [0.25, 0.3) is 0 Å². The first-order chi connectivity index (χ1) is 9.20. The van der Waals surface area contributed by atoms with Crippen LogP contribution in [-0.4, -0.2) is 30.8 Å². The molecule has 1 saturated heterocycles. The van der Waals surface area contributed by atoms with Crippen molar-refractivity contribution in [2.75, 3.05) is 25.1 Å². The average Bonchev–Trinajstić information content (AvgIpc) is 2.48. The summed E-state index contributed by atoms with van der Waals surface area (Å²) in [4.78, 5) is 12.4. The zero-order chi connectivity index (χ0) is 13.7. The molecule has 0 unspecified atom stereocenters. The minimum atomic E-state index is -0.520. The molecule has 0 spiro atoms. The van der Waals surface area contributed by atoms with Crippen LogP contribution in [0.4, 0.5) is 5.69 Å². The lowest BCUT2D eigenvalue weighted by Gasteiger charge is -2.34. The van der Waals surface area contributed by atoms with Crippen LogP contribution >= 0.6 is 0 Å². The minimum absolute atomic E-state index is 0.00168. The number of hydrogen-bond donors (Lipinski definition) is 3. The van der Waals surface area contributed by atoms with Gasteiger partial charge in [-0.05, 0) is 30.5 Å². The summed E-state index contributed by atoms with van der Waals surface area (Å²) in [6.45, 7) is 1.48. The van der Waals surface area contributed by atoms with Gasteiger partial charge in [0.05, 0.1) is 12.0 Å². The second-order valence-electron chi connectivity index (χ2n) is 4.91. The van der Waals surface area contributed by atoms with E-state index < -0.39 is 5.41 Å². The quantitative estimate of drug-likeness (QED) is 0.753. The van der Waals surface area contributed by atoms with Gasteiger partial charge in [0.2, 0.25) is 5.91 Å². The van der Waals surface area contributed by atoms with Gasteiger partial charge >= 0.3 is 0 Å². The van der Waals surface area contributed by atoms with E-state index in [0.29, 0.717) is 32.6 Å². The van der Waals surface area contributed by atoms with Crippen LogP contribution in [0.3, 0.4) is 0 Å². The third kappa shape index (κ3) is 3.12. The number of aliphatic hydroxyl groups excluding tert-OH is 1. The lowest BCUT2D eigenvalue weighted by molar-refractivity contribution is -0.130. The van der Waals surface area contributed by atoms with E-state index in [1.165, 1.54) is 0 Å². The predicted octanol–water partition coefficient (Wildman–Crippen LogP) is 0.873. The van der Waals surface area contributed by atoms with Gasteiger partial charge in [0.1, 0.15) is 0 Å². The molecule has 1 aliphatic rings. The molecule has 0 radical (unpaired) electrons. The van der Waals surface area contributed by atoms with E-state index in [4.69, 9.17) is 15.6 Å². The Kier molecular flexibility index (Phi) is 4.52. The van der Waals surface area contributed by atoms with Crippen molar-refractivity contribution in [3.05, 3.63) is 29.8 Å². The zero-order valence-electron chi connectivity index (χ0n) is 10.9. The highest BCUT2D eigenvalue weighted by Gasteiger charge is 2.38. The van der Waals surface area contributed by atoms with E-state index >= 15 is 0 Å². The Hall–Kier alpha value is -1.43. The molecular formula is C14H20N2O3. The molecule has 19 heavy (non-hydrogen) atoms. The number of ether oxygens (including phenoxy) is 1. The predicted molar refractivity (Wildman–Crippen MR) is 72.5 cm³/mol. The number of anilines is 1. The number of carbonyl (C=O) groups excluding carboxylic acids is 1. The molecule has 1 aromatic carbocycles. The van der Waals surface area contributed by atoms with E-state index in [1.54, 1.807) is 24.3 Å². The Bertz CT molecular complexity index is 425. The first-order valence-corrected chi connectivity index (χ1v) is 6.49. The molecule has 1 aliphatic heterocycles. The minimum Gasteiger partial charge on any atom is -0.392 e. The second-order valence-corrected chi connectivity index (χ2v) is 4.91. The van der Waals surface area contributed by atoms with Crippen molar-refractivity contribution in [3.63, 3.8) is 0 Å². The van der Waals surface area contributed by atoms with Crippen LogP contribution in [0.5, 0.6) is 0 Å². The third-order valence-corrected chi connectivity index (χ3v) is 3.72. The van der Waals surface area contributed by atoms with E-state index in [0.717, 1.165) is 11.3 Å². The lowest BCUT2D eigenvalue weighted by Crippen LogP contribution is -2.46. The van der Waals surface area contributed by atoms with E-state index in [2.05, 4.69) is 5.32 Å². The van der Waals surface area contributed by atoms with Crippen LogP contribution in [0.15, 0.2) is 24.3 Å². The van der Waals surface area contributed by atoms with Crippen molar-refractivity contribution in [2.45, 2.75) is 19.4 Å². The molecule has 5 nitrogen and oxygen atoms in total. The molecule has 0 saturated carbocycles. The van der Waals surface area contributed by atoms with Crippen LogP contribution in [0.25, 0.3) is 0 Å². The highest BCUT2D eigenvalue weighted by atomic mass is 16.5. The fourth-order valence-corrected chi connectivity index (χ4v) is 2.24. The highest BCUT2D eigenvalue weighted by molar-refractivity contribution is 5.95. The van der Waals surface area contributed by atoms with Crippen molar-refractivity contribution in [1.29, 1.82) is 0 Å². The summed E-state index contributed by atoms with van der Waals surface area (Å²) in [6.07, 6.45) is 1.31. The molecule has 104 valence electrons. The Labute approximate surface area is 112 Å². The summed E-state index contributed by atoms with van der Waals surface area (Å²) in [5.74, 6) is -0.0463. The maximum atomic E-state index is 12.4. The third-order valence-electron chi connectivity index (χ3n) is 3.72. The number of nitrogens with two attached hydrogens (primary N) is 1. The average molecular weight is 264 g/mol. The molecule has 2 rings (SSSR count). The SMILES string of the molecule is NCC1(C(=O)Nc2ccc(CO)cc2)CCOCC1. The lowest BCUT2D eigenvalue weighted by atomic mass is 9.79. The van der Waals surface area contributed by atoms with Gasteiger partial charge in [0.15, 0.2) is 0 Å². The summed E-state index contributed by atoms with van der Waals surface area (Å²) in [5, 5.41) is 11.9. The van der Waals surface area contributed by atoms with Gasteiger partial charge in [-0.1, -0.05) is 12.1 Å². The number of rotatable bonds is 4. The summed E-state index contributed by atoms with van der Waals surface area (Å²) < 4.78 is 5.29. The fourth-order valence-electron chi connectivity index (χ4n) is 2.24. The van der Waals surface area contributed by atoms with Crippen LogP contribution in [0, 0.1) is 5.41 Å². The van der Waals surface area contributed by atoms with Crippen molar-refractivity contribution in [1.82, 2.24) is 0 Å². The topological polar surface area (TPSA) is 84.6 Å². The summed E-state index contributed by atoms with van der Waals surface area (Å²) in [5.41, 5.74) is 6.81. The van der Waals surface area contributed by atoms with Gasteiger partial charge in [-0.2, -0.15) is 0 Å².